The Morgan fingerprint density at radius 2 is 1.81 bits per heavy atom. The summed E-state index contributed by atoms with van der Waals surface area (Å²) in [6.07, 6.45) is 3.33. The number of hydrogen-bond acceptors (Lipinski definition) is 4. The van der Waals surface area contributed by atoms with Crippen LogP contribution in [0.15, 0.2) is 0 Å². The summed E-state index contributed by atoms with van der Waals surface area (Å²) in [5, 5.41) is 11.6. The van der Waals surface area contributed by atoms with Crippen molar-refractivity contribution in [3.63, 3.8) is 0 Å². The minimum absolute atomic E-state index is 0.0835. The third-order valence-corrected chi connectivity index (χ3v) is 3.65. The smallest absolute Gasteiger partial charge is 0.315 e. The fourth-order valence-corrected chi connectivity index (χ4v) is 2.54. The number of hydrogen-bond donors (Lipinski definition) is 4. The van der Waals surface area contributed by atoms with Crippen molar-refractivity contribution in [2.75, 3.05) is 39.9 Å². The van der Waals surface area contributed by atoms with E-state index in [0.29, 0.717) is 39.1 Å². The Morgan fingerprint density at radius 1 is 1.10 bits per heavy atom. The van der Waals surface area contributed by atoms with Crippen molar-refractivity contribution in [2.45, 2.75) is 38.1 Å². The van der Waals surface area contributed by atoms with Gasteiger partial charge in [0, 0.05) is 33.3 Å². The molecule has 0 heterocycles. The molecule has 0 atom stereocenters. The first kappa shape index (κ1) is 17.7. The summed E-state index contributed by atoms with van der Waals surface area (Å²) in [5.74, 6) is -0.0835. The molecule has 0 bridgehead atoms. The normalized spacial score (nSPS) is 16.5. The first-order valence-electron chi connectivity index (χ1n) is 7.68. The fourth-order valence-electron chi connectivity index (χ4n) is 2.54. The topological polar surface area (TPSA) is 91.5 Å². The van der Waals surface area contributed by atoms with Gasteiger partial charge in [-0.25, -0.2) is 4.79 Å². The molecular formula is C14H28N4O3. The second-order valence-electron chi connectivity index (χ2n) is 5.27. The van der Waals surface area contributed by atoms with Gasteiger partial charge in [-0.15, -0.1) is 0 Å². The molecule has 0 spiro atoms. The first-order chi connectivity index (χ1) is 10.1. The predicted octanol–water partition coefficient (Wildman–Crippen LogP) is -0.0295. The number of urea groups is 1. The van der Waals surface area contributed by atoms with Crippen molar-refractivity contribution in [2.24, 2.45) is 0 Å². The van der Waals surface area contributed by atoms with Gasteiger partial charge >= 0.3 is 6.03 Å². The Bertz CT molecular complexity index is 330. The Labute approximate surface area is 126 Å². The highest BCUT2D eigenvalue weighted by Crippen LogP contribution is 2.29. The minimum Gasteiger partial charge on any atom is -0.383 e. The molecule has 1 rings (SSSR count). The molecule has 7 heteroatoms. The summed E-state index contributed by atoms with van der Waals surface area (Å²) in [5.41, 5.74) is -0.744. The van der Waals surface area contributed by atoms with Crippen LogP contribution in [0.2, 0.25) is 0 Å². The van der Waals surface area contributed by atoms with E-state index in [0.717, 1.165) is 19.4 Å². The zero-order chi connectivity index (χ0) is 15.6. The van der Waals surface area contributed by atoms with Gasteiger partial charge in [-0.05, 0) is 19.8 Å². The average molecular weight is 300 g/mol. The molecule has 0 aromatic carbocycles. The number of rotatable bonds is 9. The van der Waals surface area contributed by atoms with Crippen LogP contribution < -0.4 is 21.3 Å². The fraction of sp³-hybridized carbons (Fsp3) is 0.857. The maximum atomic E-state index is 12.4. The summed E-state index contributed by atoms with van der Waals surface area (Å²) in [7, 11) is 1.65. The van der Waals surface area contributed by atoms with E-state index in [1.165, 1.54) is 0 Å². The van der Waals surface area contributed by atoms with Gasteiger partial charge in [0.15, 0.2) is 0 Å². The van der Waals surface area contributed by atoms with Crippen LogP contribution in [0.25, 0.3) is 0 Å². The molecule has 0 aromatic heterocycles. The van der Waals surface area contributed by atoms with E-state index in [4.69, 9.17) is 4.74 Å². The van der Waals surface area contributed by atoms with Gasteiger partial charge in [-0.2, -0.15) is 0 Å². The van der Waals surface area contributed by atoms with Crippen molar-refractivity contribution in [3.05, 3.63) is 0 Å². The Kier molecular flexibility index (Phi) is 8.07. The van der Waals surface area contributed by atoms with Gasteiger partial charge in [-0.3, -0.25) is 4.79 Å². The molecule has 0 aromatic rings. The zero-order valence-corrected chi connectivity index (χ0v) is 13.1. The summed E-state index contributed by atoms with van der Waals surface area (Å²) in [6, 6.07) is -0.271. The van der Waals surface area contributed by atoms with Crippen LogP contribution in [0.5, 0.6) is 0 Å². The van der Waals surface area contributed by atoms with Gasteiger partial charge in [-0.1, -0.05) is 12.8 Å². The van der Waals surface area contributed by atoms with E-state index in [9.17, 15) is 9.59 Å². The molecule has 7 nitrogen and oxygen atoms in total. The standard InChI is InChI=1S/C14H28N4O3/c1-3-16-13(20)18-14(6-4-5-7-14)12(19)17-9-8-15-10-11-21-2/h15H,3-11H2,1-2H3,(H,17,19)(H2,16,18,20). The monoisotopic (exact) mass is 300 g/mol. The second-order valence-corrected chi connectivity index (χ2v) is 5.27. The van der Waals surface area contributed by atoms with Crippen LogP contribution in [-0.2, 0) is 9.53 Å². The number of amides is 3. The lowest BCUT2D eigenvalue weighted by atomic mass is 9.96. The Morgan fingerprint density at radius 3 is 2.43 bits per heavy atom. The van der Waals surface area contributed by atoms with Crippen molar-refractivity contribution < 1.29 is 14.3 Å². The van der Waals surface area contributed by atoms with Gasteiger partial charge in [0.2, 0.25) is 5.91 Å². The molecule has 1 aliphatic carbocycles. The van der Waals surface area contributed by atoms with Crippen LogP contribution >= 0.6 is 0 Å². The number of carbonyl (C=O) groups is 2. The largest absolute Gasteiger partial charge is 0.383 e. The summed E-state index contributed by atoms with van der Waals surface area (Å²) in [4.78, 5) is 24.1. The van der Waals surface area contributed by atoms with E-state index >= 15 is 0 Å². The lowest BCUT2D eigenvalue weighted by Crippen LogP contribution is -2.59. The van der Waals surface area contributed by atoms with Gasteiger partial charge < -0.3 is 26.0 Å². The molecular weight excluding hydrogens is 272 g/mol. The van der Waals surface area contributed by atoms with Crippen LogP contribution in [0, 0.1) is 0 Å². The second kappa shape index (κ2) is 9.57. The molecule has 122 valence electrons. The highest BCUT2D eigenvalue weighted by molar-refractivity contribution is 5.91. The quantitative estimate of drug-likeness (QED) is 0.450. The summed E-state index contributed by atoms with van der Waals surface area (Å²) >= 11 is 0. The highest BCUT2D eigenvalue weighted by atomic mass is 16.5. The molecule has 4 N–H and O–H groups in total. The molecule has 0 unspecified atom stereocenters. The molecule has 0 radical (unpaired) electrons. The predicted molar refractivity (Wildman–Crippen MR) is 81.2 cm³/mol. The minimum atomic E-state index is -0.744. The van der Waals surface area contributed by atoms with E-state index < -0.39 is 5.54 Å². The van der Waals surface area contributed by atoms with Crippen molar-refractivity contribution >= 4 is 11.9 Å². The molecule has 0 aliphatic heterocycles. The summed E-state index contributed by atoms with van der Waals surface area (Å²) in [6.45, 7) is 5.04. The number of carbonyl (C=O) groups excluding carboxylic acids is 2. The van der Waals surface area contributed by atoms with Crippen molar-refractivity contribution in [3.8, 4) is 0 Å². The first-order valence-corrected chi connectivity index (χ1v) is 7.68. The van der Waals surface area contributed by atoms with E-state index in [-0.39, 0.29) is 11.9 Å². The Hall–Kier alpha value is -1.34. The van der Waals surface area contributed by atoms with Gasteiger partial charge in [0.1, 0.15) is 5.54 Å². The maximum Gasteiger partial charge on any atom is 0.315 e. The van der Waals surface area contributed by atoms with Gasteiger partial charge in [0.25, 0.3) is 0 Å². The van der Waals surface area contributed by atoms with Crippen molar-refractivity contribution in [1.82, 2.24) is 21.3 Å². The molecule has 1 fully saturated rings. The molecule has 1 saturated carbocycles. The van der Waals surface area contributed by atoms with Crippen LogP contribution in [-0.4, -0.2) is 57.4 Å². The van der Waals surface area contributed by atoms with E-state index in [1.807, 2.05) is 6.92 Å². The van der Waals surface area contributed by atoms with Crippen LogP contribution in [0.4, 0.5) is 4.79 Å². The molecule has 21 heavy (non-hydrogen) atoms. The molecule has 1 aliphatic rings. The van der Waals surface area contributed by atoms with Crippen LogP contribution in [0.1, 0.15) is 32.6 Å². The number of nitrogens with one attached hydrogen (secondary N) is 4. The van der Waals surface area contributed by atoms with E-state index in [2.05, 4.69) is 21.3 Å². The molecule has 3 amide bonds. The zero-order valence-electron chi connectivity index (χ0n) is 13.1. The Balaban J connectivity index is 2.37. The molecule has 0 saturated heterocycles. The lowest BCUT2D eigenvalue weighted by molar-refractivity contribution is -0.127. The van der Waals surface area contributed by atoms with E-state index in [1.54, 1.807) is 7.11 Å². The third-order valence-electron chi connectivity index (χ3n) is 3.65. The van der Waals surface area contributed by atoms with Gasteiger partial charge in [0.05, 0.1) is 6.61 Å². The lowest BCUT2D eigenvalue weighted by Gasteiger charge is -2.29. The third kappa shape index (κ3) is 5.89. The van der Waals surface area contributed by atoms with Crippen molar-refractivity contribution in [1.29, 1.82) is 0 Å². The highest BCUT2D eigenvalue weighted by Gasteiger charge is 2.42. The van der Waals surface area contributed by atoms with Crippen LogP contribution in [0.3, 0.4) is 0 Å². The number of methoxy groups -OCH3 is 1. The maximum absolute atomic E-state index is 12.4. The summed E-state index contributed by atoms with van der Waals surface area (Å²) < 4.78 is 4.93. The average Bonchev–Trinajstić information content (AvgIpc) is 2.92. The SMILES string of the molecule is CCNC(=O)NC1(C(=O)NCCNCCOC)CCCC1. The number of ether oxygens (including phenoxy) is 1.